The molecule has 6 rings (SSSR count). The van der Waals surface area contributed by atoms with Crippen LogP contribution in [0.3, 0.4) is 0 Å². The van der Waals surface area contributed by atoms with E-state index in [-0.39, 0.29) is 11.9 Å². The summed E-state index contributed by atoms with van der Waals surface area (Å²) in [6, 6.07) is 19.6. The molecule has 7 nitrogen and oxygen atoms in total. The monoisotopic (exact) mass is 456 g/mol. The molecule has 34 heavy (non-hydrogen) atoms. The fourth-order valence-corrected chi connectivity index (χ4v) is 4.60. The van der Waals surface area contributed by atoms with Gasteiger partial charge in [-0.2, -0.15) is 10.1 Å². The number of methoxy groups -OCH3 is 2. The first kappa shape index (κ1) is 20.3. The Morgan fingerprint density at radius 1 is 0.912 bits per heavy atom. The summed E-state index contributed by atoms with van der Waals surface area (Å²) < 4.78 is 33.0. The Balaban J connectivity index is 1.61. The predicted molar refractivity (Wildman–Crippen MR) is 124 cm³/mol. The zero-order chi connectivity index (χ0) is 23.2. The number of benzene rings is 3. The van der Waals surface area contributed by atoms with Gasteiger partial charge in [-0.25, -0.2) is 9.07 Å². The second-order valence-electron chi connectivity index (χ2n) is 8.07. The lowest BCUT2D eigenvalue weighted by Crippen LogP contribution is -2.32. The molecule has 170 valence electrons. The first-order valence-corrected chi connectivity index (χ1v) is 10.8. The van der Waals surface area contributed by atoms with Crippen molar-refractivity contribution in [2.45, 2.75) is 12.1 Å². The molecular weight excluding hydrogens is 435 g/mol. The molecule has 0 saturated heterocycles. The molecular formula is C26H21FN4O3. The highest BCUT2D eigenvalue weighted by Crippen LogP contribution is 2.51. The molecule has 2 atom stereocenters. The molecule has 0 unspecified atom stereocenters. The van der Waals surface area contributed by atoms with Crippen molar-refractivity contribution in [3.63, 3.8) is 0 Å². The van der Waals surface area contributed by atoms with Crippen molar-refractivity contribution in [1.82, 2.24) is 14.8 Å². The van der Waals surface area contributed by atoms with E-state index in [1.807, 2.05) is 47.1 Å². The second-order valence-corrected chi connectivity index (χ2v) is 8.07. The molecule has 0 aliphatic carbocycles. The van der Waals surface area contributed by atoms with Crippen molar-refractivity contribution in [2.75, 3.05) is 19.5 Å². The van der Waals surface area contributed by atoms with Gasteiger partial charge < -0.3 is 19.5 Å². The number of hydrogen-bond donors (Lipinski definition) is 1. The third-order valence-corrected chi connectivity index (χ3v) is 6.23. The minimum atomic E-state index is -0.478. The van der Waals surface area contributed by atoms with Crippen LogP contribution in [0.4, 0.5) is 10.3 Å². The van der Waals surface area contributed by atoms with Gasteiger partial charge in [0.1, 0.15) is 41.5 Å². The maximum Gasteiger partial charge on any atom is 0.226 e. The van der Waals surface area contributed by atoms with E-state index in [1.165, 1.54) is 18.5 Å². The highest BCUT2D eigenvalue weighted by Gasteiger charge is 2.41. The summed E-state index contributed by atoms with van der Waals surface area (Å²) in [7, 11) is 3.27. The summed E-state index contributed by atoms with van der Waals surface area (Å²) >= 11 is 0. The van der Waals surface area contributed by atoms with Gasteiger partial charge in [0.15, 0.2) is 0 Å². The predicted octanol–water partition coefficient (Wildman–Crippen LogP) is 4.99. The third-order valence-electron chi connectivity index (χ3n) is 6.23. The molecule has 0 radical (unpaired) electrons. The second kappa shape index (κ2) is 7.91. The first-order valence-electron chi connectivity index (χ1n) is 10.8. The minimum absolute atomic E-state index is 0.300. The molecule has 3 heterocycles. The van der Waals surface area contributed by atoms with Crippen LogP contribution in [0.25, 0.3) is 5.70 Å². The minimum Gasteiger partial charge on any atom is -0.497 e. The van der Waals surface area contributed by atoms with Crippen molar-refractivity contribution >= 4 is 11.6 Å². The topological polar surface area (TPSA) is 70.4 Å². The van der Waals surface area contributed by atoms with Crippen molar-refractivity contribution < 1.29 is 18.6 Å². The Hall–Kier alpha value is -4.33. The van der Waals surface area contributed by atoms with Gasteiger partial charge in [-0.3, -0.25) is 0 Å². The molecule has 2 aliphatic heterocycles. The van der Waals surface area contributed by atoms with Gasteiger partial charge in [0.2, 0.25) is 5.95 Å². The van der Waals surface area contributed by atoms with Crippen molar-refractivity contribution in [2.24, 2.45) is 0 Å². The fraction of sp³-hybridized carbons (Fsp3) is 0.154. The maximum atomic E-state index is 13.8. The lowest BCUT2D eigenvalue weighted by atomic mass is 9.84. The average molecular weight is 456 g/mol. The van der Waals surface area contributed by atoms with Crippen molar-refractivity contribution in [3.8, 4) is 17.2 Å². The van der Waals surface area contributed by atoms with Crippen LogP contribution < -0.4 is 19.5 Å². The van der Waals surface area contributed by atoms with Crippen LogP contribution in [0.2, 0.25) is 0 Å². The number of hydrogen-bond acceptors (Lipinski definition) is 6. The van der Waals surface area contributed by atoms with Crippen LogP contribution in [-0.4, -0.2) is 29.0 Å². The highest BCUT2D eigenvalue weighted by atomic mass is 19.1. The van der Waals surface area contributed by atoms with Gasteiger partial charge in [-0.05, 0) is 53.6 Å². The van der Waals surface area contributed by atoms with Crippen LogP contribution in [0.1, 0.15) is 28.8 Å². The van der Waals surface area contributed by atoms with E-state index in [1.54, 1.807) is 26.4 Å². The molecule has 0 saturated carbocycles. The Labute approximate surface area is 195 Å². The lowest BCUT2D eigenvalue weighted by molar-refractivity contribution is 0.222. The maximum absolute atomic E-state index is 13.8. The standard InChI is InChI=1S/C26H21FN4O3/c1-32-18-9-5-15(6-10-18)24-22-23(30-26-28-14-29-31(24)26)20-13-19(33-2)11-12-21(20)34-25(22)16-3-7-17(27)8-4-16/h3-14,24-25H,1-2H3,(H,28,29,30)/t24-,25+/m0/s1. The Bertz CT molecular complexity index is 1400. The third kappa shape index (κ3) is 3.18. The summed E-state index contributed by atoms with van der Waals surface area (Å²) in [5.74, 6) is 2.49. The van der Waals surface area contributed by atoms with E-state index in [4.69, 9.17) is 14.2 Å². The number of halogens is 1. The number of anilines is 1. The normalized spacial score (nSPS) is 18.2. The molecule has 0 fully saturated rings. The van der Waals surface area contributed by atoms with Gasteiger partial charge in [0.25, 0.3) is 0 Å². The van der Waals surface area contributed by atoms with Crippen LogP contribution in [0, 0.1) is 5.82 Å². The van der Waals surface area contributed by atoms with Crippen LogP contribution in [0.5, 0.6) is 17.2 Å². The van der Waals surface area contributed by atoms with Gasteiger partial charge >= 0.3 is 0 Å². The number of ether oxygens (including phenoxy) is 3. The average Bonchev–Trinajstić information content (AvgIpc) is 3.35. The van der Waals surface area contributed by atoms with E-state index in [0.29, 0.717) is 17.4 Å². The van der Waals surface area contributed by atoms with E-state index < -0.39 is 6.10 Å². The fourth-order valence-electron chi connectivity index (χ4n) is 4.60. The first-order chi connectivity index (χ1) is 16.7. The summed E-state index contributed by atoms with van der Waals surface area (Å²) in [4.78, 5) is 4.44. The quantitative estimate of drug-likeness (QED) is 0.466. The summed E-state index contributed by atoms with van der Waals surface area (Å²) in [5, 5.41) is 7.97. The van der Waals surface area contributed by atoms with E-state index >= 15 is 0 Å². The zero-order valence-electron chi connectivity index (χ0n) is 18.5. The van der Waals surface area contributed by atoms with Gasteiger partial charge in [-0.15, -0.1) is 0 Å². The Morgan fingerprint density at radius 2 is 1.62 bits per heavy atom. The molecule has 0 bridgehead atoms. The molecule has 0 spiro atoms. The van der Waals surface area contributed by atoms with Crippen LogP contribution >= 0.6 is 0 Å². The van der Waals surface area contributed by atoms with Gasteiger partial charge in [-0.1, -0.05) is 24.3 Å². The largest absolute Gasteiger partial charge is 0.497 e. The summed E-state index contributed by atoms with van der Waals surface area (Å²) in [6.07, 6.45) is 1.05. The smallest absolute Gasteiger partial charge is 0.226 e. The molecule has 1 N–H and O–H groups in total. The molecule has 3 aromatic carbocycles. The molecule has 4 aromatic rings. The SMILES string of the molecule is COc1ccc([C@H]2C3=C(Nc4ncnn42)c2cc(OC)ccc2O[C@@H]3c2ccc(F)cc2)cc1. The molecule has 2 aliphatic rings. The van der Waals surface area contributed by atoms with Gasteiger partial charge in [0.05, 0.1) is 19.9 Å². The van der Waals surface area contributed by atoms with Crippen molar-refractivity contribution in [3.05, 3.63) is 101 Å². The van der Waals surface area contributed by atoms with Crippen LogP contribution in [0.15, 0.2) is 78.6 Å². The highest BCUT2D eigenvalue weighted by molar-refractivity contribution is 5.85. The number of nitrogens with zero attached hydrogens (tertiary/aromatic N) is 3. The number of nitrogens with one attached hydrogen (secondary N) is 1. The van der Waals surface area contributed by atoms with E-state index in [9.17, 15) is 4.39 Å². The number of aromatic nitrogens is 3. The number of rotatable bonds is 4. The molecule has 1 aromatic heterocycles. The van der Waals surface area contributed by atoms with Crippen molar-refractivity contribution in [1.29, 1.82) is 0 Å². The van der Waals surface area contributed by atoms with E-state index in [0.717, 1.165) is 33.7 Å². The molecule has 8 heteroatoms. The molecule has 0 amide bonds. The summed E-state index contributed by atoms with van der Waals surface area (Å²) in [6.45, 7) is 0. The lowest BCUT2D eigenvalue weighted by Gasteiger charge is -2.39. The van der Waals surface area contributed by atoms with E-state index in [2.05, 4.69) is 15.4 Å². The van der Waals surface area contributed by atoms with Crippen LogP contribution in [-0.2, 0) is 0 Å². The summed E-state index contributed by atoms with van der Waals surface area (Å²) in [5.41, 5.74) is 4.50. The zero-order valence-corrected chi connectivity index (χ0v) is 18.5. The Morgan fingerprint density at radius 3 is 2.35 bits per heavy atom. The number of fused-ring (bicyclic) bond motifs is 3. The van der Waals surface area contributed by atoms with Gasteiger partial charge in [0, 0.05) is 11.1 Å². The Kier molecular flexibility index (Phi) is 4.72.